The number of nitrogens with zero attached hydrogens (tertiary/aromatic N) is 2. The van der Waals surface area contributed by atoms with Crippen molar-refractivity contribution in [1.82, 2.24) is 14.6 Å². The molecule has 0 atom stereocenters. The van der Waals surface area contributed by atoms with Crippen LogP contribution < -0.4 is 5.56 Å². The van der Waals surface area contributed by atoms with Gasteiger partial charge in [0.2, 0.25) is 5.82 Å². The first kappa shape index (κ1) is 8.95. The lowest BCUT2D eigenvalue weighted by atomic mass is 10.5. The van der Waals surface area contributed by atoms with Crippen LogP contribution in [0.25, 0.3) is 5.52 Å². The zero-order chi connectivity index (χ0) is 10.3. The summed E-state index contributed by atoms with van der Waals surface area (Å²) in [6.45, 7) is 0. The first-order valence-electron chi connectivity index (χ1n) is 3.59. The average molecular weight is 258 g/mol. The Hall–Kier alpha value is -1.63. The molecule has 7 heteroatoms. The van der Waals surface area contributed by atoms with Gasteiger partial charge >= 0.3 is 5.97 Å². The molecule has 0 amide bonds. The molecule has 72 valence electrons. The van der Waals surface area contributed by atoms with E-state index in [0.717, 1.165) is 0 Å². The number of aromatic amines is 1. The molecule has 6 nitrogen and oxygen atoms in total. The van der Waals surface area contributed by atoms with E-state index >= 15 is 0 Å². The second kappa shape index (κ2) is 2.95. The number of carbonyl (C=O) groups is 1. The number of carboxylic acids is 1. The van der Waals surface area contributed by atoms with E-state index in [0.29, 0.717) is 9.99 Å². The van der Waals surface area contributed by atoms with Gasteiger partial charge in [-0.1, -0.05) is 0 Å². The summed E-state index contributed by atoms with van der Waals surface area (Å²) in [4.78, 5) is 24.0. The maximum atomic E-state index is 11.3. The van der Waals surface area contributed by atoms with Crippen molar-refractivity contribution in [3.05, 3.63) is 32.9 Å². The molecule has 2 rings (SSSR count). The van der Waals surface area contributed by atoms with E-state index in [-0.39, 0.29) is 5.82 Å². The minimum absolute atomic E-state index is 0.293. The molecule has 0 fully saturated rings. The smallest absolute Gasteiger partial charge is 0.373 e. The lowest BCUT2D eigenvalue weighted by Gasteiger charge is -1.95. The van der Waals surface area contributed by atoms with Gasteiger partial charge in [0, 0.05) is 10.7 Å². The van der Waals surface area contributed by atoms with Crippen molar-refractivity contribution in [1.29, 1.82) is 0 Å². The highest BCUT2D eigenvalue weighted by atomic mass is 79.9. The topological polar surface area (TPSA) is 87.5 Å². The van der Waals surface area contributed by atoms with E-state index in [1.807, 2.05) is 0 Å². The second-order valence-electron chi connectivity index (χ2n) is 2.60. The van der Waals surface area contributed by atoms with Crippen LogP contribution in [0.15, 0.2) is 21.5 Å². The molecule has 0 aliphatic rings. The van der Waals surface area contributed by atoms with E-state index in [9.17, 15) is 9.59 Å². The Morgan fingerprint density at radius 3 is 3.00 bits per heavy atom. The van der Waals surface area contributed by atoms with E-state index in [1.165, 1.54) is 10.7 Å². The summed E-state index contributed by atoms with van der Waals surface area (Å²) in [5.41, 5.74) is -0.190. The van der Waals surface area contributed by atoms with Gasteiger partial charge < -0.3 is 5.11 Å². The summed E-state index contributed by atoms with van der Waals surface area (Å²) < 4.78 is 1.88. The molecule has 0 aliphatic carbocycles. The van der Waals surface area contributed by atoms with Gasteiger partial charge in [-0.3, -0.25) is 9.78 Å². The van der Waals surface area contributed by atoms with Crippen LogP contribution in [0.2, 0.25) is 0 Å². The van der Waals surface area contributed by atoms with Crippen LogP contribution in [0.5, 0.6) is 0 Å². The molecule has 2 heterocycles. The van der Waals surface area contributed by atoms with Crippen LogP contribution in [-0.2, 0) is 0 Å². The molecular formula is C7H4BrN3O3. The van der Waals surface area contributed by atoms with Crippen molar-refractivity contribution in [2.45, 2.75) is 0 Å². The van der Waals surface area contributed by atoms with Crippen molar-refractivity contribution in [3.8, 4) is 0 Å². The predicted molar refractivity (Wildman–Crippen MR) is 50.5 cm³/mol. The van der Waals surface area contributed by atoms with E-state index in [2.05, 4.69) is 26.0 Å². The number of hydrogen-bond acceptors (Lipinski definition) is 3. The highest BCUT2D eigenvalue weighted by Crippen LogP contribution is 2.11. The van der Waals surface area contributed by atoms with Crippen LogP contribution in [0.1, 0.15) is 10.6 Å². The number of fused-ring (bicyclic) bond motifs is 1. The molecule has 0 aromatic carbocycles. The molecular weight excluding hydrogens is 254 g/mol. The Morgan fingerprint density at radius 2 is 2.36 bits per heavy atom. The summed E-state index contributed by atoms with van der Waals surface area (Å²) in [5, 5.41) is 12.3. The number of H-pyrrole nitrogens is 1. The van der Waals surface area contributed by atoms with Crippen molar-refractivity contribution in [2.75, 3.05) is 0 Å². The average Bonchev–Trinajstić information content (AvgIpc) is 2.45. The number of halogens is 1. The van der Waals surface area contributed by atoms with Crippen LogP contribution in [0, 0.1) is 0 Å². The molecule has 2 aromatic heterocycles. The Kier molecular flexibility index (Phi) is 1.88. The van der Waals surface area contributed by atoms with Gasteiger partial charge in [0.25, 0.3) is 5.56 Å². The number of aromatic nitrogens is 3. The van der Waals surface area contributed by atoms with E-state index in [1.54, 1.807) is 6.07 Å². The summed E-state index contributed by atoms with van der Waals surface area (Å²) in [5.74, 6) is -1.65. The van der Waals surface area contributed by atoms with Crippen molar-refractivity contribution in [2.24, 2.45) is 0 Å². The van der Waals surface area contributed by atoms with Crippen molar-refractivity contribution >= 4 is 27.4 Å². The SMILES string of the molecule is O=C(O)c1nn2cc(Br)cc2c(=O)[nH]1. The first-order valence-corrected chi connectivity index (χ1v) is 4.39. The second-order valence-corrected chi connectivity index (χ2v) is 3.51. The molecule has 14 heavy (non-hydrogen) atoms. The van der Waals surface area contributed by atoms with Gasteiger partial charge in [-0.25, -0.2) is 9.31 Å². The zero-order valence-electron chi connectivity index (χ0n) is 6.69. The molecule has 2 N–H and O–H groups in total. The number of carboxylic acid groups (broad SMARTS) is 1. The molecule has 0 aliphatic heterocycles. The quantitative estimate of drug-likeness (QED) is 0.778. The zero-order valence-corrected chi connectivity index (χ0v) is 8.28. The van der Waals surface area contributed by atoms with Gasteiger partial charge in [-0.2, -0.15) is 0 Å². The maximum Gasteiger partial charge on any atom is 0.373 e. The van der Waals surface area contributed by atoms with Crippen LogP contribution in [-0.4, -0.2) is 25.7 Å². The first-order chi connectivity index (χ1) is 6.58. The molecule has 0 saturated carbocycles. The van der Waals surface area contributed by atoms with Crippen molar-refractivity contribution in [3.63, 3.8) is 0 Å². The Bertz CT molecular complexity index is 571. The Morgan fingerprint density at radius 1 is 1.64 bits per heavy atom. The number of nitrogens with one attached hydrogen (secondary N) is 1. The fraction of sp³-hybridized carbons (Fsp3) is 0. The fourth-order valence-corrected chi connectivity index (χ4v) is 1.48. The highest BCUT2D eigenvalue weighted by molar-refractivity contribution is 9.10. The largest absolute Gasteiger partial charge is 0.475 e. The fourth-order valence-electron chi connectivity index (χ4n) is 1.07. The van der Waals surface area contributed by atoms with Gasteiger partial charge in [0.05, 0.1) is 0 Å². The Balaban J connectivity index is 2.84. The van der Waals surface area contributed by atoms with Gasteiger partial charge in [0.1, 0.15) is 5.52 Å². The summed E-state index contributed by atoms with van der Waals surface area (Å²) in [7, 11) is 0. The highest BCUT2D eigenvalue weighted by Gasteiger charge is 2.10. The van der Waals surface area contributed by atoms with Gasteiger partial charge in [-0.15, -0.1) is 5.10 Å². The minimum atomic E-state index is -1.27. The molecule has 2 aromatic rings. The third-order valence-electron chi connectivity index (χ3n) is 1.64. The molecule has 0 saturated heterocycles. The number of aromatic carboxylic acids is 1. The lowest BCUT2D eigenvalue weighted by Crippen LogP contribution is -2.18. The van der Waals surface area contributed by atoms with Crippen molar-refractivity contribution < 1.29 is 9.90 Å². The predicted octanol–water partition coefficient (Wildman–Crippen LogP) is 0.483. The lowest BCUT2D eigenvalue weighted by molar-refractivity contribution is 0.0681. The van der Waals surface area contributed by atoms with Crippen LogP contribution >= 0.6 is 15.9 Å². The standard InChI is InChI=1S/C7H4BrN3O3/c8-3-1-4-6(12)9-5(7(13)14)10-11(4)2-3/h1-2H,(H,13,14)(H,9,10,12). The van der Waals surface area contributed by atoms with Crippen LogP contribution in [0.3, 0.4) is 0 Å². The summed E-state index contributed by atoms with van der Waals surface area (Å²) in [6.07, 6.45) is 1.51. The molecule has 0 spiro atoms. The van der Waals surface area contributed by atoms with Gasteiger partial charge in [0.15, 0.2) is 0 Å². The normalized spacial score (nSPS) is 10.6. The van der Waals surface area contributed by atoms with Crippen LogP contribution in [0.4, 0.5) is 0 Å². The monoisotopic (exact) mass is 257 g/mol. The third-order valence-corrected chi connectivity index (χ3v) is 2.08. The molecule has 0 radical (unpaired) electrons. The van der Waals surface area contributed by atoms with Gasteiger partial charge in [-0.05, 0) is 22.0 Å². The third kappa shape index (κ3) is 1.31. The molecule has 0 unspecified atom stereocenters. The van der Waals surface area contributed by atoms with E-state index < -0.39 is 11.5 Å². The summed E-state index contributed by atoms with van der Waals surface area (Å²) in [6, 6.07) is 1.55. The maximum absolute atomic E-state index is 11.3. The minimum Gasteiger partial charge on any atom is -0.475 e. The number of hydrogen-bond donors (Lipinski definition) is 2. The summed E-state index contributed by atoms with van der Waals surface area (Å²) >= 11 is 3.16. The molecule has 0 bridgehead atoms. The number of rotatable bonds is 1. The van der Waals surface area contributed by atoms with E-state index in [4.69, 9.17) is 5.11 Å². The Labute approximate surface area is 85.3 Å².